The van der Waals surface area contributed by atoms with E-state index in [-0.39, 0.29) is 23.9 Å². The van der Waals surface area contributed by atoms with Crippen molar-refractivity contribution in [2.45, 2.75) is 13.0 Å². The summed E-state index contributed by atoms with van der Waals surface area (Å²) in [4.78, 5) is 17.9. The number of benzene rings is 3. The molecule has 10 heteroatoms. The summed E-state index contributed by atoms with van der Waals surface area (Å²) in [6, 6.07) is 14.3. The summed E-state index contributed by atoms with van der Waals surface area (Å²) in [5.41, 5.74) is 2.37. The smallest absolute Gasteiger partial charge is 0.362 e. The lowest BCUT2D eigenvalue weighted by atomic mass is 10.0. The van der Waals surface area contributed by atoms with Crippen molar-refractivity contribution < 1.29 is 33.3 Å². The first-order valence-electron chi connectivity index (χ1n) is 8.95. The number of halogens is 3. The van der Waals surface area contributed by atoms with Gasteiger partial charge in [0.15, 0.2) is 6.35 Å². The summed E-state index contributed by atoms with van der Waals surface area (Å²) in [7, 11) is -4.29. The van der Waals surface area contributed by atoms with Gasteiger partial charge in [-0.25, -0.2) is 4.39 Å². The first-order chi connectivity index (χ1) is 14.6. The Bertz CT molecular complexity index is 1090. The predicted molar refractivity (Wildman–Crippen MR) is 121 cm³/mol. The molecule has 0 fully saturated rings. The molecule has 0 radical (unpaired) electrons. The van der Waals surface area contributed by atoms with E-state index in [1.54, 1.807) is 36.4 Å². The fraction of sp³-hybridized carbons (Fsp3) is 0.143. The van der Waals surface area contributed by atoms with Gasteiger partial charge in [-0.2, -0.15) is 0 Å². The Morgan fingerprint density at radius 2 is 1.52 bits per heavy atom. The minimum Gasteiger partial charge on any atom is -0.508 e. The van der Waals surface area contributed by atoms with Crippen molar-refractivity contribution in [3.05, 3.63) is 86.1 Å². The van der Waals surface area contributed by atoms with Crippen LogP contribution in [0.25, 0.3) is 0 Å². The van der Waals surface area contributed by atoms with Gasteiger partial charge in [0.05, 0.1) is 8.95 Å². The Hall–Kier alpha value is -1.90. The molecule has 0 amide bonds. The zero-order valence-corrected chi connectivity index (χ0v) is 20.0. The number of aromatic hydroxyl groups is 1. The van der Waals surface area contributed by atoms with Crippen molar-refractivity contribution in [3.63, 3.8) is 0 Å². The lowest BCUT2D eigenvalue weighted by Crippen LogP contribution is -2.01. The van der Waals surface area contributed by atoms with E-state index in [0.29, 0.717) is 26.7 Å². The van der Waals surface area contributed by atoms with Crippen LogP contribution in [0, 0.1) is 5.82 Å². The lowest BCUT2D eigenvalue weighted by molar-refractivity contribution is 0.294. The van der Waals surface area contributed by atoms with E-state index >= 15 is 0 Å². The minimum atomic E-state index is -4.29. The molecule has 0 heterocycles. The number of hydrogen-bond acceptors (Lipinski definition) is 4. The molecule has 0 unspecified atom stereocenters. The summed E-state index contributed by atoms with van der Waals surface area (Å²) in [5, 5.41) is 10.2. The number of phenols is 1. The summed E-state index contributed by atoms with van der Waals surface area (Å²) < 4.78 is 36.1. The maximum Gasteiger partial charge on any atom is 0.362 e. The molecule has 0 aliphatic carbocycles. The van der Waals surface area contributed by atoms with Gasteiger partial charge in [0.25, 0.3) is 0 Å². The quantitative estimate of drug-likeness (QED) is 0.296. The van der Waals surface area contributed by atoms with Crippen LogP contribution in [-0.2, 0) is 17.6 Å². The second kappa shape index (κ2) is 10.1. The van der Waals surface area contributed by atoms with Gasteiger partial charge in [-0.1, -0.05) is 18.2 Å². The van der Waals surface area contributed by atoms with Gasteiger partial charge in [-0.3, -0.25) is 4.57 Å². The standard InChI is InChI=1S/C21H18Br2FO6P/c22-18-9-17(30-12-31(26,27)28)10-19(23)21(18)29-11-14-3-6-20(25)15(8-14)7-13-1-4-16(24)5-2-13/h1-6,8-10,25H,7,11-12H2,(H2,26,27,28). The number of ether oxygens (including phenoxy) is 2. The molecule has 3 rings (SSSR count). The highest BCUT2D eigenvalue weighted by molar-refractivity contribution is 9.11. The van der Waals surface area contributed by atoms with Gasteiger partial charge in [-0.15, -0.1) is 0 Å². The summed E-state index contributed by atoms with van der Waals surface area (Å²) in [5.74, 6) is 0.573. The van der Waals surface area contributed by atoms with Crippen LogP contribution in [-0.4, -0.2) is 21.2 Å². The highest BCUT2D eigenvalue weighted by atomic mass is 79.9. The number of phenolic OH excluding ortho intramolecular Hbond substituents is 1. The van der Waals surface area contributed by atoms with Crippen LogP contribution in [0.15, 0.2) is 63.5 Å². The molecule has 31 heavy (non-hydrogen) atoms. The van der Waals surface area contributed by atoms with Gasteiger partial charge < -0.3 is 24.4 Å². The predicted octanol–water partition coefficient (Wildman–Crippen LogP) is 5.74. The van der Waals surface area contributed by atoms with Crippen molar-refractivity contribution in [1.29, 1.82) is 0 Å². The van der Waals surface area contributed by atoms with E-state index in [4.69, 9.17) is 19.3 Å². The molecule has 0 saturated carbocycles. The van der Waals surface area contributed by atoms with Crippen LogP contribution in [0.4, 0.5) is 4.39 Å². The van der Waals surface area contributed by atoms with Gasteiger partial charge in [0.1, 0.15) is 29.7 Å². The summed E-state index contributed by atoms with van der Waals surface area (Å²) >= 11 is 6.74. The Kier molecular flexibility index (Phi) is 7.78. The third-order valence-electron chi connectivity index (χ3n) is 4.21. The van der Waals surface area contributed by atoms with Crippen LogP contribution in [0.1, 0.15) is 16.7 Å². The van der Waals surface area contributed by atoms with Crippen molar-refractivity contribution in [2.75, 3.05) is 6.35 Å². The van der Waals surface area contributed by atoms with Gasteiger partial charge in [0.2, 0.25) is 0 Å². The van der Waals surface area contributed by atoms with E-state index in [2.05, 4.69) is 31.9 Å². The summed E-state index contributed by atoms with van der Waals surface area (Å²) in [6.45, 7) is 0.205. The minimum absolute atomic E-state index is 0.141. The second-order valence-electron chi connectivity index (χ2n) is 6.71. The maximum atomic E-state index is 13.1. The first-order valence-corrected chi connectivity index (χ1v) is 12.3. The Balaban J connectivity index is 1.70. The van der Waals surface area contributed by atoms with E-state index < -0.39 is 13.9 Å². The Labute approximate surface area is 195 Å². The fourth-order valence-electron chi connectivity index (χ4n) is 2.76. The second-order valence-corrected chi connectivity index (χ2v) is 10.0. The van der Waals surface area contributed by atoms with Gasteiger partial charge >= 0.3 is 7.60 Å². The van der Waals surface area contributed by atoms with Crippen molar-refractivity contribution in [1.82, 2.24) is 0 Å². The van der Waals surface area contributed by atoms with Crippen molar-refractivity contribution in [2.24, 2.45) is 0 Å². The molecule has 3 aromatic rings. The average Bonchev–Trinajstić information content (AvgIpc) is 2.69. The van der Waals surface area contributed by atoms with Crippen LogP contribution >= 0.6 is 39.5 Å². The fourth-order valence-corrected chi connectivity index (χ4v) is 4.45. The molecule has 3 aromatic carbocycles. The van der Waals surface area contributed by atoms with Crippen molar-refractivity contribution in [3.8, 4) is 17.2 Å². The molecule has 0 aliphatic heterocycles. The molecule has 0 atom stereocenters. The third kappa shape index (κ3) is 7.05. The maximum absolute atomic E-state index is 13.1. The average molecular weight is 576 g/mol. The van der Waals surface area contributed by atoms with E-state index in [1.807, 2.05) is 6.07 Å². The molecule has 0 saturated heterocycles. The highest BCUT2D eigenvalue weighted by Crippen LogP contribution is 2.40. The largest absolute Gasteiger partial charge is 0.508 e. The Morgan fingerprint density at radius 3 is 2.13 bits per heavy atom. The molecular weight excluding hydrogens is 558 g/mol. The number of hydrogen-bond donors (Lipinski definition) is 3. The molecule has 164 valence electrons. The molecule has 0 aliphatic rings. The lowest BCUT2D eigenvalue weighted by Gasteiger charge is -2.14. The molecule has 0 spiro atoms. The molecular formula is C21H18Br2FO6P. The monoisotopic (exact) mass is 574 g/mol. The van der Waals surface area contributed by atoms with Gasteiger partial charge in [-0.05, 0) is 84.9 Å². The molecule has 6 nitrogen and oxygen atoms in total. The zero-order valence-electron chi connectivity index (χ0n) is 16.0. The summed E-state index contributed by atoms with van der Waals surface area (Å²) in [6.07, 6.45) is -0.282. The van der Waals surface area contributed by atoms with Crippen LogP contribution in [0.3, 0.4) is 0 Å². The molecule has 0 aromatic heterocycles. The topological polar surface area (TPSA) is 96.2 Å². The molecule has 0 bridgehead atoms. The zero-order chi connectivity index (χ0) is 22.6. The number of rotatable bonds is 8. The SMILES string of the molecule is O=P(O)(O)COc1cc(Br)c(OCc2ccc(O)c(Cc3ccc(F)cc3)c2)c(Br)c1. The Morgan fingerprint density at radius 1 is 0.903 bits per heavy atom. The van der Waals surface area contributed by atoms with Crippen LogP contribution in [0.5, 0.6) is 17.2 Å². The highest BCUT2D eigenvalue weighted by Gasteiger charge is 2.16. The van der Waals surface area contributed by atoms with Crippen LogP contribution < -0.4 is 9.47 Å². The van der Waals surface area contributed by atoms with Crippen LogP contribution in [0.2, 0.25) is 0 Å². The van der Waals surface area contributed by atoms with E-state index in [0.717, 1.165) is 11.1 Å². The first kappa shape index (κ1) is 23.8. The van der Waals surface area contributed by atoms with E-state index in [9.17, 15) is 14.1 Å². The van der Waals surface area contributed by atoms with E-state index in [1.165, 1.54) is 12.1 Å². The normalized spacial score (nSPS) is 11.4. The third-order valence-corrected chi connectivity index (χ3v) is 5.85. The molecule has 3 N–H and O–H groups in total. The van der Waals surface area contributed by atoms with Gasteiger partial charge in [0, 0.05) is 6.42 Å². The van der Waals surface area contributed by atoms with Crippen molar-refractivity contribution >= 4 is 39.5 Å².